The maximum Gasteiger partial charge on any atom is 0.245 e. The van der Waals surface area contributed by atoms with Crippen molar-refractivity contribution in [1.82, 2.24) is 10.2 Å². The molecule has 2 rings (SSSR count). The van der Waals surface area contributed by atoms with Crippen LogP contribution in [-0.2, 0) is 22.6 Å². The number of benzene rings is 2. The fourth-order valence-corrected chi connectivity index (χ4v) is 2.70. The second kappa shape index (κ2) is 9.13. The van der Waals surface area contributed by atoms with Gasteiger partial charge in [0.25, 0.3) is 0 Å². The molecule has 0 aliphatic rings. The van der Waals surface area contributed by atoms with Crippen molar-refractivity contribution in [1.29, 1.82) is 0 Å². The van der Waals surface area contributed by atoms with Gasteiger partial charge in [0, 0.05) is 13.6 Å². The molecule has 4 nitrogen and oxygen atoms in total. The smallest absolute Gasteiger partial charge is 0.245 e. The van der Waals surface area contributed by atoms with Crippen LogP contribution in [0.1, 0.15) is 25.0 Å². The molecule has 0 spiro atoms. The zero-order chi connectivity index (χ0) is 19.1. The maximum atomic E-state index is 13.0. The zero-order valence-corrected chi connectivity index (χ0v) is 15.4. The van der Waals surface area contributed by atoms with Crippen molar-refractivity contribution in [2.75, 3.05) is 7.05 Å². The van der Waals surface area contributed by atoms with Crippen LogP contribution < -0.4 is 5.32 Å². The fraction of sp³-hybridized carbons (Fsp3) is 0.333. The van der Waals surface area contributed by atoms with E-state index in [1.807, 2.05) is 44.2 Å². The van der Waals surface area contributed by atoms with Crippen LogP contribution in [0.5, 0.6) is 0 Å². The molecule has 0 aromatic heterocycles. The second-order valence-electron chi connectivity index (χ2n) is 6.77. The zero-order valence-electron chi connectivity index (χ0n) is 15.4. The lowest BCUT2D eigenvalue weighted by Gasteiger charge is -2.27. The van der Waals surface area contributed by atoms with Crippen molar-refractivity contribution in [3.05, 3.63) is 71.5 Å². The number of rotatable bonds is 7. The van der Waals surface area contributed by atoms with Gasteiger partial charge in [-0.15, -0.1) is 0 Å². The predicted octanol–water partition coefficient (Wildman–Crippen LogP) is 3.17. The van der Waals surface area contributed by atoms with Crippen molar-refractivity contribution in [3.63, 3.8) is 0 Å². The van der Waals surface area contributed by atoms with Gasteiger partial charge in [0.05, 0.1) is 6.42 Å². The van der Waals surface area contributed by atoms with E-state index >= 15 is 0 Å². The molecule has 138 valence electrons. The number of nitrogens with zero attached hydrogens (tertiary/aromatic N) is 1. The minimum Gasteiger partial charge on any atom is -0.344 e. The van der Waals surface area contributed by atoms with Crippen LogP contribution in [0.4, 0.5) is 4.39 Å². The molecule has 26 heavy (non-hydrogen) atoms. The topological polar surface area (TPSA) is 49.4 Å². The summed E-state index contributed by atoms with van der Waals surface area (Å²) in [6, 6.07) is 14.9. The molecule has 2 aromatic carbocycles. The van der Waals surface area contributed by atoms with Gasteiger partial charge < -0.3 is 10.2 Å². The Labute approximate surface area is 154 Å². The largest absolute Gasteiger partial charge is 0.344 e. The minimum absolute atomic E-state index is 0.0436. The van der Waals surface area contributed by atoms with Crippen molar-refractivity contribution in [3.8, 4) is 0 Å². The summed E-state index contributed by atoms with van der Waals surface area (Å²) in [7, 11) is 1.68. The molecule has 1 atom stereocenters. The van der Waals surface area contributed by atoms with Gasteiger partial charge in [-0.1, -0.05) is 56.3 Å². The molecule has 5 heteroatoms. The van der Waals surface area contributed by atoms with E-state index in [0.29, 0.717) is 6.54 Å². The van der Waals surface area contributed by atoms with Gasteiger partial charge in [-0.25, -0.2) is 4.39 Å². The summed E-state index contributed by atoms with van der Waals surface area (Å²) in [5.41, 5.74) is 1.74. The van der Waals surface area contributed by atoms with Crippen LogP contribution in [0.15, 0.2) is 54.6 Å². The summed E-state index contributed by atoms with van der Waals surface area (Å²) >= 11 is 0. The van der Waals surface area contributed by atoms with Crippen LogP contribution in [-0.4, -0.2) is 29.8 Å². The van der Waals surface area contributed by atoms with Crippen molar-refractivity contribution >= 4 is 11.8 Å². The number of nitrogens with one attached hydrogen (secondary N) is 1. The first-order chi connectivity index (χ1) is 12.4. The van der Waals surface area contributed by atoms with Crippen LogP contribution in [0.2, 0.25) is 0 Å². The van der Waals surface area contributed by atoms with Gasteiger partial charge in [-0.05, 0) is 29.2 Å². The molecule has 2 amide bonds. The Morgan fingerprint density at radius 1 is 1.00 bits per heavy atom. The number of hydrogen-bond donors (Lipinski definition) is 1. The average Bonchev–Trinajstić information content (AvgIpc) is 2.61. The van der Waals surface area contributed by atoms with Crippen LogP contribution in [0.25, 0.3) is 0 Å². The van der Waals surface area contributed by atoms with Crippen LogP contribution in [0, 0.1) is 11.7 Å². The summed E-state index contributed by atoms with van der Waals surface area (Å²) < 4.78 is 13.0. The lowest BCUT2D eigenvalue weighted by atomic mass is 10.0. The highest BCUT2D eigenvalue weighted by Crippen LogP contribution is 2.11. The summed E-state index contributed by atoms with van der Waals surface area (Å²) in [5, 5.41) is 2.85. The summed E-state index contributed by atoms with van der Waals surface area (Å²) in [4.78, 5) is 26.7. The lowest BCUT2D eigenvalue weighted by molar-refractivity contribution is -0.136. The third-order valence-electron chi connectivity index (χ3n) is 4.17. The van der Waals surface area contributed by atoms with Gasteiger partial charge in [0.2, 0.25) is 11.8 Å². The fourth-order valence-electron chi connectivity index (χ4n) is 2.70. The standard InChI is InChI=1S/C21H25FN2O2/c1-15(2)20(23-19(25)13-16-7-5-4-6-8-16)21(26)24(3)14-17-9-11-18(22)12-10-17/h4-12,15,20H,13-14H2,1-3H3,(H,23,25)/t20-/m0/s1. The lowest BCUT2D eigenvalue weighted by Crippen LogP contribution is -2.50. The first-order valence-electron chi connectivity index (χ1n) is 8.69. The molecular formula is C21H25FN2O2. The Bertz CT molecular complexity index is 729. The first kappa shape index (κ1) is 19.6. The van der Waals surface area contributed by atoms with E-state index < -0.39 is 6.04 Å². The summed E-state index contributed by atoms with van der Waals surface area (Å²) in [5.74, 6) is -0.696. The van der Waals surface area contributed by atoms with Crippen LogP contribution in [0.3, 0.4) is 0 Å². The number of halogens is 1. The second-order valence-corrected chi connectivity index (χ2v) is 6.77. The highest BCUT2D eigenvalue weighted by atomic mass is 19.1. The van der Waals surface area contributed by atoms with Gasteiger partial charge >= 0.3 is 0 Å². The molecule has 0 radical (unpaired) electrons. The Kier molecular flexibility index (Phi) is 6.89. The van der Waals surface area contributed by atoms with Gasteiger partial charge in [0.1, 0.15) is 11.9 Å². The van der Waals surface area contributed by atoms with E-state index in [1.54, 1.807) is 24.1 Å². The molecule has 2 aromatic rings. The van der Waals surface area contributed by atoms with Crippen molar-refractivity contribution in [2.45, 2.75) is 32.9 Å². The molecule has 0 saturated carbocycles. The predicted molar refractivity (Wildman–Crippen MR) is 99.8 cm³/mol. The quantitative estimate of drug-likeness (QED) is 0.828. The molecule has 0 aliphatic heterocycles. The Morgan fingerprint density at radius 3 is 2.19 bits per heavy atom. The third kappa shape index (κ3) is 5.69. The molecule has 0 heterocycles. The third-order valence-corrected chi connectivity index (χ3v) is 4.17. The SMILES string of the molecule is CC(C)[C@H](NC(=O)Cc1ccccc1)C(=O)N(C)Cc1ccc(F)cc1. The molecule has 0 bridgehead atoms. The molecular weight excluding hydrogens is 331 g/mol. The Morgan fingerprint density at radius 2 is 1.62 bits per heavy atom. The van der Waals surface area contributed by atoms with E-state index in [2.05, 4.69) is 5.32 Å². The number of hydrogen-bond acceptors (Lipinski definition) is 2. The molecule has 0 unspecified atom stereocenters. The molecule has 0 fully saturated rings. The van der Waals surface area contributed by atoms with Gasteiger partial charge in [0.15, 0.2) is 0 Å². The summed E-state index contributed by atoms with van der Waals surface area (Å²) in [6.07, 6.45) is 0.235. The maximum absolute atomic E-state index is 13.0. The highest BCUT2D eigenvalue weighted by Gasteiger charge is 2.27. The molecule has 1 N–H and O–H groups in total. The van der Waals surface area contributed by atoms with Crippen molar-refractivity contribution in [2.24, 2.45) is 5.92 Å². The van der Waals surface area contributed by atoms with E-state index in [-0.39, 0.29) is 30.0 Å². The van der Waals surface area contributed by atoms with Gasteiger partial charge in [-0.3, -0.25) is 9.59 Å². The first-order valence-corrected chi connectivity index (χ1v) is 8.69. The average molecular weight is 356 g/mol. The van der Waals surface area contributed by atoms with E-state index in [0.717, 1.165) is 11.1 Å². The highest BCUT2D eigenvalue weighted by molar-refractivity contribution is 5.88. The van der Waals surface area contributed by atoms with Gasteiger partial charge in [-0.2, -0.15) is 0 Å². The number of amides is 2. The molecule has 0 aliphatic carbocycles. The van der Waals surface area contributed by atoms with E-state index in [1.165, 1.54) is 12.1 Å². The molecule has 0 saturated heterocycles. The summed E-state index contributed by atoms with van der Waals surface area (Å²) in [6.45, 7) is 4.16. The number of carbonyl (C=O) groups excluding carboxylic acids is 2. The number of carbonyl (C=O) groups is 2. The number of likely N-dealkylation sites (N-methyl/N-ethyl adjacent to an activating group) is 1. The monoisotopic (exact) mass is 356 g/mol. The van der Waals surface area contributed by atoms with Crippen molar-refractivity contribution < 1.29 is 14.0 Å². The Hall–Kier alpha value is -2.69. The van der Waals surface area contributed by atoms with E-state index in [4.69, 9.17) is 0 Å². The van der Waals surface area contributed by atoms with Crippen LogP contribution >= 0.6 is 0 Å². The Balaban J connectivity index is 1.99. The van der Waals surface area contributed by atoms with E-state index in [9.17, 15) is 14.0 Å². The minimum atomic E-state index is -0.600. The normalized spacial score (nSPS) is 11.9.